The van der Waals surface area contributed by atoms with Crippen LogP contribution in [0.3, 0.4) is 0 Å². The molecule has 2 rings (SSSR count). The minimum Gasteiger partial charge on any atom is -0.444 e. The van der Waals surface area contributed by atoms with Crippen LogP contribution in [0.1, 0.15) is 32.8 Å². The van der Waals surface area contributed by atoms with Crippen molar-refractivity contribution in [3.05, 3.63) is 35.9 Å². The van der Waals surface area contributed by atoms with Gasteiger partial charge in [0.25, 0.3) is 0 Å². The fraction of sp³-hybridized carbons (Fsp3) is 0.632. The van der Waals surface area contributed by atoms with E-state index in [2.05, 4.69) is 35.4 Å². The highest BCUT2D eigenvalue weighted by atomic mass is 32.2. The lowest BCUT2D eigenvalue weighted by atomic mass is 10.1. The van der Waals surface area contributed by atoms with Crippen molar-refractivity contribution in [2.24, 2.45) is 0 Å². The molecule has 1 atom stereocenters. The monoisotopic (exact) mass is 350 g/mol. The largest absolute Gasteiger partial charge is 0.444 e. The van der Waals surface area contributed by atoms with Crippen molar-refractivity contribution in [1.82, 2.24) is 9.80 Å². The van der Waals surface area contributed by atoms with Gasteiger partial charge in [-0.15, -0.1) is 0 Å². The molecular weight excluding hydrogens is 320 g/mol. The summed E-state index contributed by atoms with van der Waals surface area (Å²) in [5.74, 6) is 1.06. The molecule has 0 N–H and O–H groups in total. The number of amides is 1. The van der Waals surface area contributed by atoms with Gasteiger partial charge in [-0.3, -0.25) is 4.90 Å². The third-order valence-electron chi connectivity index (χ3n) is 4.10. The van der Waals surface area contributed by atoms with Crippen molar-refractivity contribution in [2.45, 2.75) is 45.4 Å². The molecule has 0 radical (unpaired) electrons. The summed E-state index contributed by atoms with van der Waals surface area (Å²) in [6.45, 7) is 9.26. The Hall–Kier alpha value is -1.20. The minimum absolute atomic E-state index is 0.173. The molecule has 1 amide bonds. The molecule has 1 heterocycles. The van der Waals surface area contributed by atoms with Crippen molar-refractivity contribution in [1.29, 1.82) is 0 Å². The fourth-order valence-electron chi connectivity index (χ4n) is 2.97. The van der Waals surface area contributed by atoms with Gasteiger partial charge in [0.2, 0.25) is 0 Å². The minimum atomic E-state index is -0.442. The van der Waals surface area contributed by atoms with Gasteiger partial charge >= 0.3 is 6.09 Å². The molecule has 0 bridgehead atoms. The maximum atomic E-state index is 12.5. The highest BCUT2D eigenvalue weighted by Crippen LogP contribution is 2.20. The molecule has 1 aliphatic rings. The van der Waals surface area contributed by atoms with E-state index in [1.54, 1.807) is 0 Å². The van der Waals surface area contributed by atoms with E-state index in [0.717, 1.165) is 38.4 Å². The van der Waals surface area contributed by atoms with Crippen molar-refractivity contribution >= 4 is 17.9 Å². The van der Waals surface area contributed by atoms with Gasteiger partial charge in [-0.2, -0.15) is 11.8 Å². The van der Waals surface area contributed by atoms with Gasteiger partial charge in [-0.05, 0) is 44.8 Å². The Kier molecular flexibility index (Phi) is 6.99. The molecule has 0 aliphatic carbocycles. The first-order chi connectivity index (χ1) is 11.4. The lowest BCUT2D eigenvalue weighted by Gasteiger charge is -2.41. The van der Waals surface area contributed by atoms with Crippen molar-refractivity contribution in [3.8, 4) is 0 Å². The van der Waals surface area contributed by atoms with Gasteiger partial charge < -0.3 is 9.64 Å². The molecule has 1 aromatic carbocycles. The predicted molar refractivity (Wildman–Crippen MR) is 101 cm³/mol. The van der Waals surface area contributed by atoms with Crippen molar-refractivity contribution < 1.29 is 9.53 Å². The number of rotatable bonds is 5. The number of piperazine rings is 1. The summed E-state index contributed by atoms with van der Waals surface area (Å²) in [4.78, 5) is 16.9. The smallest absolute Gasteiger partial charge is 0.410 e. The average molecular weight is 351 g/mol. The summed E-state index contributed by atoms with van der Waals surface area (Å²) < 4.78 is 5.60. The first-order valence-corrected chi connectivity index (χ1v) is 10.0. The summed E-state index contributed by atoms with van der Waals surface area (Å²) in [6, 6.07) is 10.8. The van der Waals surface area contributed by atoms with Gasteiger partial charge in [-0.1, -0.05) is 30.3 Å². The Morgan fingerprint density at radius 1 is 1.25 bits per heavy atom. The number of ether oxygens (including phenoxy) is 1. The molecule has 24 heavy (non-hydrogen) atoms. The summed E-state index contributed by atoms with van der Waals surface area (Å²) in [5.41, 5.74) is 0.884. The van der Waals surface area contributed by atoms with E-state index in [9.17, 15) is 4.79 Å². The van der Waals surface area contributed by atoms with Crippen LogP contribution in [0.4, 0.5) is 4.79 Å². The third-order valence-corrected chi connectivity index (χ3v) is 4.74. The maximum Gasteiger partial charge on any atom is 0.410 e. The average Bonchev–Trinajstić information content (AvgIpc) is 2.52. The number of hydrogen-bond donors (Lipinski definition) is 0. The van der Waals surface area contributed by atoms with E-state index >= 15 is 0 Å². The molecule has 1 aliphatic heterocycles. The van der Waals surface area contributed by atoms with Gasteiger partial charge in [-0.25, -0.2) is 4.79 Å². The van der Waals surface area contributed by atoms with E-state index in [1.165, 1.54) is 5.56 Å². The van der Waals surface area contributed by atoms with Gasteiger partial charge in [0.1, 0.15) is 5.60 Å². The Morgan fingerprint density at radius 2 is 1.96 bits per heavy atom. The number of benzene rings is 1. The summed E-state index contributed by atoms with van der Waals surface area (Å²) in [5, 5.41) is 0. The molecule has 0 saturated carbocycles. The Bertz CT molecular complexity index is 516. The zero-order valence-electron chi connectivity index (χ0n) is 15.3. The highest BCUT2D eigenvalue weighted by Gasteiger charge is 2.32. The standard InChI is InChI=1S/C19H30N2O2S/c1-19(2,3)23-18(22)21-12-11-20(15-17(21)10-13-24-4)14-16-8-6-5-7-9-16/h5-9,17H,10-15H2,1-4H3. The van der Waals surface area contributed by atoms with Crippen LogP contribution < -0.4 is 0 Å². The number of carbonyl (C=O) groups is 1. The topological polar surface area (TPSA) is 32.8 Å². The molecule has 1 unspecified atom stereocenters. The van der Waals surface area contributed by atoms with E-state index in [-0.39, 0.29) is 12.1 Å². The first-order valence-electron chi connectivity index (χ1n) is 8.64. The predicted octanol–water partition coefficient (Wildman–Crippen LogP) is 3.86. The Morgan fingerprint density at radius 3 is 2.58 bits per heavy atom. The fourth-order valence-corrected chi connectivity index (χ4v) is 3.47. The lowest BCUT2D eigenvalue weighted by molar-refractivity contribution is -0.00281. The van der Waals surface area contributed by atoms with E-state index in [1.807, 2.05) is 43.5 Å². The molecule has 0 aromatic heterocycles. The summed E-state index contributed by atoms with van der Waals surface area (Å²) in [6.07, 6.45) is 2.95. The Labute approximate surface area is 150 Å². The van der Waals surface area contributed by atoms with Crippen LogP contribution in [0.5, 0.6) is 0 Å². The molecular formula is C19H30N2O2S. The second-order valence-electron chi connectivity index (χ2n) is 7.33. The van der Waals surface area contributed by atoms with Crippen LogP contribution in [-0.4, -0.2) is 59.2 Å². The molecule has 134 valence electrons. The maximum absolute atomic E-state index is 12.5. The van der Waals surface area contributed by atoms with E-state index < -0.39 is 5.60 Å². The number of carbonyl (C=O) groups excluding carboxylic acids is 1. The van der Waals surface area contributed by atoms with Crippen LogP contribution >= 0.6 is 11.8 Å². The van der Waals surface area contributed by atoms with E-state index in [4.69, 9.17) is 4.74 Å². The van der Waals surface area contributed by atoms with Crippen molar-refractivity contribution in [2.75, 3.05) is 31.6 Å². The molecule has 4 nitrogen and oxygen atoms in total. The van der Waals surface area contributed by atoms with Gasteiger partial charge in [0.05, 0.1) is 0 Å². The molecule has 1 fully saturated rings. The Balaban J connectivity index is 1.99. The highest BCUT2D eigenvalue weighted by molar-refractivity contribution is 7.98. The van der Waals surface area contributed by atoms with Gasteiger partial charge in [0, 0.05) is 32.2 Å². The molecule has 0 spiro atoms. The summed E-state index contributed by atoms with van der Waals surface area (Å²) >= 11 is 1.83. The number of thioether (sulfide) groups is 1. The SMILES string of the molecule is CSCCC1CN(Cc2ccccc2)CCN1C(=O)OC(C)(C)C. The van der Waals surface area contributed by atoms with E-state index in [0.29, 0.717) is 0 Å². The quantitative estimate of drug-likeness (QED) is 0.807. The molecule has 1 aromatic rings. The second-order valence-corrected chi connectivity index (χ2v) is 8.32. The van der Waals surface area contributed by atoms with Crippen LogP contribution in [0.25, 0.3) is 0 Å². The van der Waals surface area contributed by atoms with Crippen LogP contribution in [0.15, 0.2) is 30.3 Å². The zero-order valence-corrected chi connectivity index (χ0v) is 16.1. The summed E-state index contributed by atoms with van der Waals surface area (Å²) in [7, 11) is 0. The van der Waals surface area contributed by atoms with Crippen molar-refractivity contribution in [3.63, 3.8) is 0 Å². The second kappa shape index (κ2) is 8.77. The third kappa shape index (κ3) is 6.02. The first kappa shape index (κ1) is 19.1. The lowest BCUT2D eigenvalue weighted by Crippen LogP contribution is -2.56. The van der Waals surface area contributed by atoms with Gasteiger partial charge in [0.15, 0.2) is 0 Å². The zero-order chi connectivity index (χ0) is 17.6. The normalized spacial score (nSPS) is 19.3. The van der Waals surface area contributed by atoms with Crippen LogP contribution in [-0.2, 0) is 11.3 Å². The number of hydrogen-bond acceptors (Lipinski definition) is 4. The molecule has 5 heteroatoms. The van der Waals surface area contributed by atoms with Crippen LogP contribution in [0.2, 0.25) is 0 Å². The van der Waals surface area contributed by atoms with Crippen LogP contribution in [0, 0.1) is 0 Å². The number of nitrogens with zero attached hydrogens (tertiary/aromatic N) is 2. The molecule has 1 saturated heterocycles.